The molecule has 2 heterocycles. The van der Waals surface area contributed by atoms with Gasteiger partial charge in [-0.1, -0.05) is 96.9 Å². The fraction of sp³-hybridized carbons (Fsp3) is 0.182. The monoisotopic (exact) mass is 535 g/mol. The summed E-state index contributed by atoms with van der Waals surface area (Å²) in [6.45, 7) is 5.95. The number of anilines is 1. The Labute approximate surface area is 228 Å². The predicted octanol–water partition coefficient (Wildman–Crippen LogP) is 7.27. The fourth-order valence-corrected chi connectivity index (χ4v) is 7.25. The number of nitrogens with zero attached hydrogens (tertiary/aromatic N) is 1. The molecule has 0 saturated carbocycles. The van der Waals surface area contributed by atoms with Crippen LogP contribution in [0.15, 0.2) is 112 Å². The number of aryl methyl sites for hydroxylation is 2. The minimum absolute atomic E-state index is 0.0285. The molecular formula is C33H29NO4S. The third kappa shape index (κ3) is 4.07. The summed E-state index contributed by atoms with van der Waals surface area (Å²) in [5, 5.41) is 0.589. The predicted molar refractivity (Wildman–Crippen MR) is 153 cm³/mol. The molecule has 196 valence electrons. The third-order valence-electron chi connectivity index (χ3n) is 7.85. The van der Waals surface area contributed by atoms with E-state index in [-0.39, 0.29) is 11.3 Å². The SMILES string of the molecule is Cc1ccc([C@]2(C)CC(=O)N(S(=O)(=O)c3ccc(C)cc3)c3c(oc4ccccc34)[C@@H]2c2ccccc2)cc1. The van der Waals surface area contributed by atoms with Crippen LogP contribution in [-0.4, -0.2) is 14.3 Å². The van der Waals surface area contributed by atoms with Gasteiger partial charge in [-0.2, -0.15) is 4.31 Å². The molecule has 1 aromatic heterocycles. The van der Waals surface area contributed by atoms with E-state index >= 15 is 0 Å². The summed E-state index contributed by atoms with van der Waals surface area (Å²) in [6, 6.07) is 31.9. The highest BCUT2D eigenvalue weighted by atomic mass is 32.2. The van der Waals surface area contributed by atoms with Crippen LogP contribution < -0.4 is 4.31 Å². The maximum Gasteiger partial charge on any atom is 0.271 e. The van der Waals surface area contributed by atoms with Crippen molar-refractivity contribution in [3.8, 4) is 0 Å². The molecule has 0 aliphatic carbocycles. The highest BCUT2D eigenvalue weighted by Crippen LogP contribution is 2.54. The molecule has 5 aromatic rings. The third-order valence-corrected chi connectivity index (χ3v) is 9.58. The van der Waals surface area contributed by atoms with E-state index in [1.165, 1.54) is 0 Å². The van der Waals surface area contributed by atoms with Gasteiger partial charge in [0.2, 0.25) is 5.91 Å². The molecule has 0 saturated heterocycles. The molecule has 0 fully saturated rings. The molecule has 6 rings (SSSR count). The number of carbonyl (C=O) groups is 1. The Hall–Kier alpha value is -4.16. The largest absolute Gasteiger partial charge is 0.458 e. The first-order valence-electron chi connectivity index (χ1n) is 13.0. The van der Waals surface area contributed by atoms with Crippen molar-refractivity contribution in [3.63, 3.8) is 0 Å². The van der Waals surface area contributed by atoms with E-state index in [0.29, 0.717) is 22.4 Å². The number of furan rings is 1. The van der Waals surface area contributed by atoms with Crippen LogP contribution in [0.2, 0.25) is 0 Å². The normalized spacial score (nSPS) is 19.6. The van der Waals surface area contributed by atoms with E-state index in [2.05, 4.69) is 0 Å². The Morgan fingerprint density at radius 1 is 0.795 bits per heavy atom. The van der Waals surface area contributed by atoms with Crippen molar-refractivity contribution in [3.05, 3.63) is 131 Å². The van der Waals surface area contributed by atoms with Crippen LogP contribution >= 0.6 is 0 Å². The number of hydrogen-bond acceptors (Lipinski definition) is 4. The molecule has 0 spiro atoms. The van der Waals surface area contributed by atoms with Gasteiger partial charge in [0.15, 0.2) is 0 Å². The summed E-state index contributed by atoms with van der Waals surface area (Å²) in [7, 11) is -4.25. The maximum atomic E-state index is 14.3. The number of amides is 1. The lowest BCUT2D eigenvalue weighted by molar-refractivity contribution is -0.118. The van der Waals surface area contributed by atoms with Crippen LogP contribution in [0.25, 0.3) is 11.0 Å². The molecule has 4 aromatic carbocycles. The number of benzene rings is 4. The molecule has 0 unspecified atom stereocenters. The lowest BCUT2D eigenvalue weighted by Gasteiger charge is -2.36. The molecule has 5 nitrogen and oxygen atoms in total. The average Bonchev–Trinajstić information content (AvgIpc) is 3.23. The van der Waals surface area contributed by atoms with Crippen LogP contribution in [0.4, 0.5) is 5.69 Å². The van der Waals surface area contributed by atoms with Crippen molar-refractivity contribution in [2.75, 3.05) is 4.31 Å². The summed E-state index contributed by atoms with van der Waals surface area (Å²) in [5.74, 6) is -0.456. The molecule has 0 N–H and O–H groups in total. The molecule has 0 bridgehead atoms. The molecule has 2 atom stereocenters. The molecule has 1 amide bonds. The second-order valence-corrected chi connectivity index (χ2v) is 12.4. The lowest BCUT2D eigenvalue weighted by atomic mass is 9.66. The Morgan fingerprint density at radius 3 is 2.05 bits per heavy atom. The molecule has 6 heteroatoms. The van der Waals surface area contributed by atoms with Gasteiger partial charge in [0.1, 0.15) is 17.0 Å². The lowest BCUT2D eigenvalue weighted by Crippen LogP contribution is -2.39. The highest BCUT2D eigenvalue weighted by Gasteiger charge is 2.50. The van der Waals surface area contributed by atoms with E-state index in [9.17, 15) is 13.2 Å². The molecule has 0 radical (unpaired) electrons. The van der Waals surface area contributed by atoms with E-state index in [1.54, 1.807) is 24.3 Å². The number of carbonyl (C=O) groups excluding carboxylic acids is 1. The van der Waals surface area contributed by atoms with Crippen LogP contribution in [-0.2, 0) is 20.2 Å². The van der Waals surface area contributed by atoms with Crippen LogP contribution in [0.3, 0.4) is 0 Å². The zero-order valence-corrected chi connectivity index (χ0v) is 22.9. The first-order valence-corrected chi connectivity index (χ1v) is 14.4. The van der Waals surface area contributed by atoms with Gasteiger partial charge in [-0.05, 0) is 49.2 Å². The quantitative estimate of drug-likeness (QED) is 0.243. The maximum absolute atomic E-state index is 14.3. The Bertz CT molecular complexity index is 1790. The van der Waals surface area contributed by atoms with Crippen LogP contribution in [0, 0.1) is 13.8 Å². The molecular weight excluding hydrogens is 506 g/mol. The van der Waals surface area contributed by atoms with Crippen molar-refractivity contribution < 1.29 is 17.6 Å². The minimum Gasteiger partial charge on any atom is -0.458 e. The highest BCUT2D eigenvalue weighted by molar-refractivity contribution is 7.93. The van der Waals surface area contributed by atoms with Crippen molar-refractivity contribution in [2.24, 2.45) is 0 Å². The summed E-state index contributed by atoms with van der Waals surface area (Å²) < 4.78 is 36.1. The van der Waals surface area contributed by atoms with Crippen molar-refractivity contribution in [1.29, 1.82) is 0 Å². The molecule has 1 aliphatic heterocycles. The summed E-state index contributed by atoms with van der Waals surface area (Å²) in [6.07, 6.45) is -0.0285. The number of para-hydroxylation sites is 1. The van der Waals surface area contributed by atoms with E-state index in [0.717, 1.165) is 26.6 Å². The fourth-order valence-electron chi connectivity index (χ4n) is 5.80. The second kappa shape index (κ2) is 9.24. The number of fused-ring (bicyclic) bond motifs is 3. The topological polar surface area (TPSA) is 67.6 Å². The Balaban J connectivity index is 1.70. The van der Waals surface area contributed by atoms with Gasteiger partial charge < -0.3 is 4.42 Å². The summed E-state index contributed by atoms with van der Waals surface area (Å²) in [4.78, 5) is 14.4. The van der Waals surface area contributed by atoms with Gasteiger partial charge in [-0.3, -0.25) is 4.79 Å². The van der Waals surface area contributed by atoms with E-state index in [1.807, 2.05) is 99.6 Å². The first kappa shape index (κ1) is 25.1. The van der Waals surface area contributed by atoms with E-state index < -0.39 is 27.3 Å². The van der Waals surface area contributed by atoms with Crippen LogP contribution in [0.5, 0.6) is 0 Å². The zero-order valence-electron chi connectivity index (χ0n) is 22.1. The van der Waals surface area contributed by atoms with Gasteiger partial charge in [-0.25, -0.2) is 8.42 Å². The van der Waals surface area contributed by atoms with E-state index in [4.69, 9.17) is 4.42 Å². The average molecular weight is 536 g/mol. The Morgan fingerprint density at radius 2 is 1.38 bits per heavy atom. The summed E-state index contributed by atoms with van der Waals surface area (Å²) in [5.41, 5.74) is 3.95. The first-order chi connectivity index (χ1) is 18.7. The van der Waals surface area contributed by atoms with Crippen molar-refractivity contribution >= 4 is 32.6 Å². The van der Waals surface area contributed by atoms with Gasteiger partial charge in [0.25, 0.3) is 10.0 Å². The van der Waals surface area contributed by atoms with Crippen LogP contribution in [0.1, 0.15) is 47.3 Å². The standard InChI is InChI=1S/C33H29NO4S/c1-22-13-17-25(18-14-22)33(3)21-29(35)34(39(36,37)26-19-15-23(2)16-20-26)31-27-11-7-8-12-28(27)38-32(31)30(33)24-9-5-4-6-10-24/h4-20,30H,21H2,1-3H3/t30-,33-/m0/s1. The zero-order chi connectivity index (χ0) is 27.4. The Kier molecular flexibility index (Phi) is 5.96. The summed E-state index contributed by atoms with van der Waals surface area (Å²) >= 11 is 0. The number of hydrogen-bond donors (Lipinski definition) is 0. The van der Waals surface area contributed by atoms with Crippen molar-refractivity contribution in [1.82, 2.24) is 0 Å². The van der Waals surface area contributed by atoms with Gasteiger partial charge in [0.05, 0.1) is 10.8 Å². The van der Waals surface area contributed by atoms with Crippen molar-refractivity contribution in [2.45, 2.75) is 43.4 Å². The molecule has 1 aliphatic rings. The number of rotatable bonds is 4. The second-order valence-electron chi connectivity index (χ2n) is 10.6. The smallest absolute Gasteiger partial charge is 0.271 e. The number of sulfonamides is 1. The minimum atomic E-state index is -4.25. The van der Waals surface area contributed by atoms with Gasteiger partial charge in [-0.15, -0.1) is 0 Å². The molecule has 39 heavy (non-hydrogen) atoms. The van der Waals surface area contributed by atoms with Gasteiger partial charge >= 0.3 is 0 Å². The van der Waals surface area contributed by atoms with Gasteiger partial charge in [0, 0.05) is 17.2 Å².